The first kappa shape index (κ1) is 20.9. The van der Waals surface area contributed by atoms with E-state index in [1.54, 1.807) is 0 Å². The summed E-state index contributed by atoms with van der Waals surface area (Å²) in [6, 6.07) is 1.34. The molecule has 0 saturated carbocycles. The topological polar surface area (TPSA) is 101 Å². The highest BCUT2D eigenvalue weighted by atomic mass is 28.4. The predicted octanol–water partition coefficient (Wildman–Crippen LogP) is 1.62. The second kappa shape index (κ2) is 6.35. The molecular formula is C19H30N2O7Si. The van der Waals surface area contributed by atoms with Gasteiger partial charge in [-0.15, -0.1) is 0 Å². The third-order valence-electron chi connectivity index (χ3n) is 6.35. The molecule has 3 aliphatic rings. The maximum Gasteiger partial charge on any atom is 0.332 e. The van der Waals surface area contributed by atoms with Gasteiger partial charge < -0.3 is 23.4 Å². The Bertz CT molecular complexity index is 932. The highest BCUT2D eigenvalue weighted by Crippen LogP contribution is 2.49. The lowest BCUT2D eigenvalue weighted by Gasteiger charge is -2.37. The summed E-state index contributed by atoms with van der Waals surface area (Å²) in [5.41, 5.74) is -0.627. The van der Waals surface area contributed by atoms with Crippen molar-refractivity contribution in [3.05, 3.63) is 32.6 Å². The molecule has 0 bridgehead atoms. The van der Waals surface area contributed by atoms with Crippen LogP contribution in [0.5, 0.6) is 0 Å². The van der Waals surface area contributed by atoms with E-state index in [4.69, 9.17) is 23.4 Å². The van der Waals surface area contributed by atoms with Gasteiger partial charge in [0.15, 0.2) is 20.2 Å². The molecule has 4 heterocycles. The lowest BCUT2D eigenvalue weighted by molar-refractivity contribution is -0.328. The number of nitrogens with zero attached hydrogens (tertiary/aromatic N) is 1. The minimum absolute atomic E-state index is 0.0435. The van der Waals surface area contributed by atoms with Gasteiger partial charge in [-0.2, -0.15) is 0 Å². The average molecular weight is 427 g/mol. The molecule has 0 aliphatic carbocycles. The normalized spacial score (nSPS) is 33.3. The molecule has 1 N–H and O–H groups in total. The van der Waals surface area contributed by atoms with Gasteiger partial charge in [0, 0.05) is 6.07 Å². The summed E-state index contributed by atoms with van der Waals surface area (Å²) in [5.74, 6) is -2.35. The smallest absolute Gasteiger partial charge is 0.332 e. The molecule has 2 fully saturated rings. The van der Waals surface area contributed by atoms with Gasteiger partial charge in [0.2, 0.25) is 0 Å². The van der Waals surface area contributed by atoms with Crippen LogP contribution in [-0.2, 0) is 35.9 Å². The monoisotopic (exact) mass is 426 g/mol. The molecule has 10 heteroatoms. The van der Waals surface area contributed by atoms with Crippen molar-refractivity contribution in [3.8, 4) is 0 Å². The maximum atomic E-state index is 12.6. The van der Waals surface area contributed by atoms with Crippen LogP contribution in [0.15, 0.2) is 15.7 Å². The van der Waals surface area contributed by atoms with Gasteiger partial charge in [-0.05, 0) is 32.0 Å². The average Bonchev–Trinajstić information content (AvgIpc) is 3.16. The fourth-order valence-electron chi connectivity index (χ4n) is 3.86. The molecule has 9 nitrogen and oxygen atoms in total. The van der Waals surface area contributed by atoms with E-state index in [0.717, 1.165) is 0 Å². The van der Waals surface area contributed by atoms with Crippen molar-refractivity contribution in [2.24, 2.45) is 0 Å². The van der Waals surface area contributed by atoms with E-state index in [1.807, 2.05) is 13.8 Å². The Labute approximate surface area is 170 Å². The van der Waals surface area contributed by atoms with E-state index >= 15 is 0 Å². The summed E-state index contributed by atoms with van der Waals surface area (Å²) in [6.07, 6.45) is -1.63. The SMILES string of the molecule is CC1(C)O[C@H]2[C@H](CO[Si](C)(C)C(C)(C)C)O[C@@]3(OCc4cc(=O)[nH]c(=O)n43)[C@H]2O1. The van der Waals surface area contributed by atoms with Crippen LogP contribution in [0.1, 0.15) is 40.3 Å². The van der Waals surface area contributed by atoms with E-state index < -0.39 is 49.6 Å². The number of aromatic amines is 1. The molecule has 0 radical (unpaired) electrons. The summed E-state index contributed by atoms with van der Waals surface area (Å²) in [5, 5.41) is 0.0435. The highest BCUT2D eigenvalue weighted by Gasteiger charge is 2.67. The highest BCUT2D eigenvalue weighted by molar-refractivity contribution is 6.74. The van der Waals surface area contributed by atoms with Crippen LogP contribution in [0.25, 0.3) is 0 Å². The van der Waals surface area contributed by atoms with E-state index in [-0.39, 0.29) is 11.6 Å². The van der Waals surface area contributed by atoms with Crippen LogP contribution in [0.3, 0.4) is 0 Å². The number of hydrogen-bond donors (Lipinski definition) is 1. The number of hydrogen-bond acceptors (Lipinski definition) is 7. The summed E-state index contributed by atoms with van der Waals surface area (Å²) < 4.78 is 32.2. The number of rotatable bonds is 3. The second-order valence-corrected chi connectivity index (χ2v) is 14.7. The van der Waals surface area contributed by atoms with Crippen molar-refractivity contribution < 1.29 is 23.4 Å². The molecule has 1 spiro atoms. The molecule has 0 unspecified atom stereocenters. The van der Waals surface area contributed by atoms with Crippen LogP contribution in [0.2, 0.25) is 18.1 Å². The molecule has 0 amide bonds. The molecule has 4 atom stereocenters. The van der Waals surface area contributed by atoms with Crippen LogP contribution in [0.4, 0.5) is 0 Å². The quantitative estimate of drug-likeness (QED) is 0.733. The van der Waals surface area contributed by atoms with Crippen LogP contribution in [-0.4, -0.2) is 48.6 Å². The molecular weight excluding hydrogens is 396 g/mol. The third kappa shape index (κ3) is 3.26. The molecule has 1 aromatic heterocycles. The summed E-state index contributed by atoms with van der Waals surface area (Å²) in [4.78, 5) is 26.6. The zero-order valence-corrected chi connectivity index (χ0v) is 19.0. The third-order valence-corrected chi connectivity index (χ3v) is 10.8. The van der Waals surface area contributed by atoms with Gasteiger partial charge in [-0.25, -0.2) is 9.36 Å². The van der Waals surface area contributed by atoms with Crippen molar-refractivity contribution in [1.29, 1.82) is 0 Å². The van der Waals surface area contributed by atoms with Gasteiger partial charge in [-0.3, -0.25) is 9.78 Å². The Morgan fingerprint density at radius 1 is 1.24 bits per heavy atom. The molecule has 3 aliphatic heterocycles. The first-order chi connectivity index (χ1) is 13.3. The van der Waals surface area contributed by atoms with E-state index in [2.05, 4.69) is 38.8 Å². The van der Waals surface area contributed by atoms with Gasteiger partial charge in [0.05, 0.1) is 18.9 Å². The molecule has 1 aromatic rings. The van der Waals surface area contributed by atoms with Crippen LogP contribution in [0, 0.1) is 0 Å². The molecule has 2 saturated heterocycles. The number of H-pyrrole nitrogens is 1. The van der Waals surface area contributed by atoms with Crippen molar-refractivity contribution in [2.45, 2.75) is 89.4 Å². The zero-order valence-electron chi connectivity index (χ0n) is 18.0. The standard InChI is InChI=1S/C19H30N2O7Si/c1-17(2,3)29(6,7)25-10-12-14-15(28-18(4,5)27-14)19(26-12)21-11(9-24-19)8-13(22)20-16(21)23/h8,12,14-15H,9-10H2,1-7H3,(H,20,22,23)/t12-,14-,15-,19-/m0/s1. The van der Waals surface area contributed by atoms with E-state index in [1.165, 1.54) is 10.6 Å². The maximum absolute atomic E-state index is 12.6. The van der Waals surface area contributed by atoms with Gasteiger partial charge in [0.25, 0.3) is 11.5 Å². The minimum atomic E-state index is -2.03. The molecule has 0 aromatic carbocycles. The number of aromatic nitrogens is 2. The summed E-state index contributed by atoms with van der Waals surface area (Å²) in [6.45, 7) is 14.9. The molecule has 162 valence electrons. The van der Waals surface area contributed by atoms with Crippen molar-refractivity contribution in [3.63, 3.8) is 0 Å². The lowest BCUT2D eigenvalue weighted by atomic mass is 10.1. The molecule has 4 rings (SSSR count). The van der Waals surface area contributed by atoms with Gasteiger partial charge in [-0.1, -0.05) is 20.8 Å². The fraction of sp³-hybridized carbons (Fsp3) is 0.789. The Hall–Kier alpha value is -1.30. The van der Waals surface area contributed by atoms with Crippen molar-refractivity contribution in [2.75, 3.05) is 6.61 Å². The Morgan fingerprint density at radius 2 is 1.93 bits per heavy atom. The number of ether oxygens (including phenoxy) is 4. The van der Waals surface area contributed by atoms with Gasteiger partial charge >= 0.3 is 5.69 Å². The summed E-state index contributed by atoms with van der Waals surface area (Å²) >= 11 is 0. The Kier molecular flexibility index (Phi) is 4.59. The number of nitrogens with one attached hydrogen (secondary N) is 1. The van der Waals surface area contributed by atoms with E-state index in [0.29, 0.717) is 12.3 Å². The van der Waals surface area contributed by atoms with Crippen molar-refractivity contribution >= 4 is 8.32 Å². The Morgan fingerprint density at radius 3 is 2.59 bits per heavy atom. The first-order valence-corrected chi connectivity index (χ1v) is 12.8. The fourth-order valence-corrected chi connectivity index (χ4v) is 4.87. The van der Waals surface area contributed by atoms with E-state index in [9.17, 15) is 9.59 Å². The second-order valence-electron chi connectivity index (χ2n) is 9.93. The molecule has 29 heavy (non-hydrogen) atoms. The number of fused-ring (bicyclic) bond motifs is 4. The zero-order chi connectivity index (χ0) is 21.4. The minimum Gasteiger partial charge on any atom is -0.414 e. The predicted molar refractivity (Wildman–Crippen MR) is 106 cm³/mol. The largest absolute Gasteiger partial charge is 0.414 e. The first-order valence-electron chi connectivity index (χ1n) is 9.93. The van der Waals surface area contributed by atoms with Gasteiger partial charge in [0.1, 0.15) is 12.2 Å². The van der Waals surface area contributed by atoms with Crippen LogP contribution >= 0.6 is 0 Å². The van der Waals surface area contributed by atoms with Crippen molar-refractivity contribution in [1.82, 2.24) is 9.55 Å². The lowest BCUT2D eigenvalue weighted by Crippen LogP contribution is -2.50. The Balaban J connectivity index is 1.69. The summed E-state index contributed by atoms with van der Waals surface area (Å²) in [7, 11) is -2.03. The van der Waals surface area contributed by atoms with Crippen LogP contribution < -0.4 is 11.2 Å².